The second-order valence-corrected chi connectivity index (χ2v) is 3.68. The maximum Gasteiger partial charge on any atom is 0.260 e. The lowest BCUT2D eigenvalue weighted by atomic mass is 10.2. The fourth-order valence-electron chi connectivity index (χ4n) is 1.12. The Morgan fingerprint density at radius 1 is 1.47 bits per heavy atom. The van der Waals surface area contributed by atoms with Crippen LogP contribution in [0.3, 0.4) is 0 Å². The van der Waals surface area contributed by atoms with Crippen LogP contribution < -0.4 is 5.73 Å². The summed E-state index contributed by atoms with van der Waals surface area (Å²) in [7, 11) is 0. The molecule has 6 heteroatoms. The maximum atomic E-state index is 13.6. The summed E-state index contributed by atoms with van der Waals surface area (Å²) in [5.41, 5.74) is 5.58. The van der Waals surface area contributed by atoms with Crippen molar-refractivity contribution in [2.45, 2.75) is 6.54 Å². The zero-order valence-electron chi connectivity index (χ0n) is 7.58. The molecule has 1 aromatic carbocycles. The molecule has 0 spiro atoms. The lowest BCUT2D eigenvalue weighted by Crippen LogP contribution is -1.97. The number of benzene rings is 1. The van der Waals surface area contributed by atoms with Gasteiger partial charge in [-0.25, -0.2) is 4.39 Å². The molecule has 0 saturated heterocycles. The molecule has 2 aromatic rings. The van der Waals surface area contributed by atoms with Gasteiger partial charge in [0.2, 0.25) is 0 Å². The van der Waals surface area contributed by atoms with Crippen molar-refractivity contribution in [1.82, 2.24) is 10.1 Å². The van der Waals surface area contributed by atoms with E-state index in [0.717, 1.165) is 0 Å². The second kappa shape index (κ2) is 4.08. The number of nitrogens with zero attached hydrogens (tertiary/aromatic N) is 2. The van der Waals surface area contributed by atoms with Gasteiger partial charge in [0.15, 0.2) is 5.82 Å². The highest BCUT2D eigenvalue weighted by molar-refractivity contribution is 9.10. The molecule has 0 fully saturated rings. The van der Waals surface area contributed by atoms with E-state index in [1.54, 1.807) is 18.2 Å². The van der Waals surface area contributed by atoms with E-state index in [-0.39, 0.29) is 18.0 Å². The van der Waals surface area contributed by atoms with Crippen molar-refractivity contribution < 1.29 is 8.91 Å². The SMILES string of the molecule is NCc1noc(-c2cccc(Br)c2F)n1. The first-order valence-corrected chi connectivity index (χ1v) is 4.98. The lowest BCUT2D eigenvalue weighted by molar-refractivity contribution is 0.420. The van der Waals surface area contributed by atoms with Crippen LogP contribution in [0.1, 0.15) is 5.82 Å². The monoisotopic (exact) mass is 271 g/mol. The molecule has 0 aliphatic heterocycles. The van der Waals surface area contributed by atoms with Gasteiger partial charge in [-0.05, 0) is 28.1 Å². The lowest BCUT2D eigenvalue weighted by Gasteiger charge is -1.98. The van der Waals surface area contributed by atoms with Gasteiger partial charge in [-0.15, -0.1) is 0 Å². The molecule has 2 rings (SSSR count). The van der Waals surface area contributed by atoms with Crippen LogP contribution in [-0.4, -0.2) is 10.1 Å². The van der Waals surface area contributed by atoms with Crippen LogP contribution in [0.25, 0.3) is 11.5 Å². The summed E-state index contributed by atoms with van der Waals surface area (Å²) in [4.78, 5) is 3.94. The van der Waals surface area contributed by atoms with Gasteiger partial charge in [0.05, 0.1) is 16.6 Å². The molecule has 0 aliphatic carbocycles. The minimum atomic E-state index is -0.426. The first-order valence-electron chi connectivity index (χ1n) is 4.19. The van der Waals surface area contributed by atoms with Crippen LogP contribution in [0.2, 0.25) is 0 Å². The third kappa shape index (κ3) is 1.91. The van der Waals surface area contributed by atoms with Gasteiger partial charge >= 0.3 is 0 Å². The van der Waals surface area contributed by atoms with Crippen molar-refractivity contribution in [3.05, 3.63) is 34.3 Å². The van der Waals surface area contributed by atoms with E-state index in [0.29, 0.717) is 10.3 Å². The van der Waals surface area contributed by atoms with Crippen molar-refractivity contribution in [3.63, 3.8) is 0 Å². The average Bonchev–Trinajstić information content (AvgIpc) is 2.70. The summed E-state index contributed by atoms with van der Waals surface area (Å²) >= 11 is 3.08. The van der Waals surface area contributed by atoms with Crippen LogP contribution in [0.15, 0.2) is 27.2 Å². The minimum Gasteiger partial charge on any atom is -0.334 e. The largest absolute Gasteiger partial charge is 0.334 e. The molecule has 0 unspecified atom stereocenters. The fraction of sp³-hybridized carbons (Fsp3) is 0.111. The number of aromatic nitrogens is 2. The first kappa shape index (κ1) is 10.3. The van der Waals surface area contributed by atoms with Gasteiger partial charge in [-0.3, -0.25) is 0 Å². The van der Waals surface area contributed by atoms with E-state index >= 15 is 0 Å². The molecule has 15 heavy (non-hydrogen) atoms. The van der Waals surface area contributed by atoms with Crippen LogP contribution in [0.4, 0.5) is 4.39 Å². The molecule has 0 amide bonds. The Kier molecular flexibility index (Phi) is 2.79. The van der Waals surface area contributed by atoms with Crippen molar-refractivity contribution in [1.29, 1.82) is 0 Å². The number of nitrogens with two attached hydrogens (primary N) is 1. The van der Waals surface area contributed by atoms with Gasteiger partial charge in [-0.1, -0.05) is 11.2 Å². The highest BCUT2D eigenvalue weighted by atomic mass is 79.9. The predicted octanol–water partition coefficient (Wildman–Crippen LogP) is 2.10. The molecule has 78 valence electrons. The Labute approximate surface area is 93.4 Å². The number of hydrogen-bond donors (Lipinski definition) is 1. The van der Waals surface area contributed by atoms with Crippen LogP contribution in [0, 0.1) is 5.82 Å². The van der Waals surface area contributed by atoms with E-state index in [1.165, 1.54) is 0 Å². The zero-order chi connectivity index (χ0) is 10.8. The highest BCUT2D eigenvalue weighted by Gasteiger charge is 2.14. The number of hydrogen-bond acceptors (Lipinski definition) is 4. The van der Waals surface area contributed by atoms with Crippen molar-refractivity contribution in [2.24, 2.45) is 5.73 Å². The standard InChI is InChI=1S/C9H7BrFN3O/c10-6-3-1-2-5(8(6)11)9-13-7(4-12)14-15-9/h1-3H,4,12H2. The van der Waals surface area contributed by atoms with Gasteiger partial charge in [0.1, 0.15) is 5.82 Å². The van der Waals surface area contributed by atoms with E-state index in [9.17, 15) is 4.39 Å². The first-order chi connectivity index (χ1) is 7.22. The fourth-order valence-corrected chi connectivity index (χ4v) is 1.48. The molecule has 1 heterocycles. The molecule has 2 N–H and O–H groups in total. The smallest absolute Gasteiger partial charge is 0.260 e. The Morgan fingerprint density at radius 3 is 2.93 bits per heavy atom. The Balaban J connectivity index is 2.49. The quantitative estimate of drug-likeness (QED) is 0.909. The maximum absolute atomic E-state index is 13.6. The second-order valence-electron chi connectivity index (χ2n) is 2.82. The summed E-state index contributed by atoms with van der Waals surface area (Å²) in [6.07, 6.45) is 0. The van der Waals surface area contributed by atoms with Crippen LogP contribution in [-0.2, 0) is 6.54 Å². The Morgan fingerprint density at radius 2 is 2.27 bits per heavy atom. The topological polar surface area (TPSA) is 64.9 Å². The average molecular weight is 272 g/mol. The molecule has 0 bridgehead atoms. The summed E-state index contributed by atoms with van der Waals surface area (Å²) in [6.45, 7) is 0.166. The van der Waals surface area contributed by atoms with Crippen molar-refractivity contribution >= 4 is 15.9 Å². The summed E-state index contributed by atoms with van der Waals surface area (Å²) in [6, 6.07) is 4.85. The van der Waals surface area contributed by atoms with E-state index in [2.05, 4.69) is 26.1 Å². The third-order valence-corrected chi connectivity index (χ3v) is 2.45. The molecular weight excluding hydrogens is 265 g/mol. The van der Waals surface area contributed by atoms with Crippen LogP contribution >= 0.6 is 15.9 Å². The normalized spacial score (nSPS) is 10.6. The third-order valence-electron chi connectivity index (χ3n) is 1.83. The van der Waals surface area contributed by atoms with E-state index in [1.807, 2.05) is 0 Å². The van der Waals surface area contributed by atoms with E-state index < -0.39 is 5.82 Å². The van der Waals surface area contributed by atoms with Gasteiger partial charge in [0.25, 0.3) is 5.89 Å². The molecule has 1 aromatic heterocycles. The van der Waals surface area contributed by atoms with Crippen molar-refractivity contribution in [2.75, 3.05) is 0 Å². The van der Waals surface area contributed by atoms with E-state index in [4.69, 9.17) is 10.3 Å². The van der Waals surface area contributed by atoms with Gasteiger partial charge in [-0.2, -0.15) is 4.98 Å². The Bertz CT molecular complexity index is 486. The summed E-state index contributed by atoms with van der Waals surface area (Å²) in [5.74, 6) is 0.0587. The molecular formula is C9H7BrFN3O. The molecule has 0 atom stereocenters. The highest BCUT2D eigenvalue weighted by Crippen LogP contribution is 2.26. The molecule has 0 saturated carbocycles. The zero-order valence-corrected chi connectivity index (χ0v) is 9.16. The summed E-state index contributed by atoms with van der Waals surface area (Å²) in [5, 5.41) is 3.59. The summed E-state index contributed by atoms with van der Waals surface area (Å²) < 4.78 is 18.8. The number of rotatable bonds is 2. The molecule has 0 aliphatic rings. The number of halogens is 2. The Hall–Kier alpha value is -1.27. The molecule has 4 nitrogen and oxygen atoms in total. The predicted molar refractivity (Wildman–Crippen MR) is 55.3 cm³/mol. The minimum absolute atomic E-state index is 0.134. The van der Waals surface area contributed by atoms with Gasteiger partial charge in [0, 0.05) is 0 Å². The molecule has 0 radical (unpaired) electrons. The van der Waals surface area contributed by atoms with Crippen LogP contribution in [0.5, 0.6) is 0 Å². The van der Waals surface area contributed by atoms with Crippen molar-refractivity contribution in [3.8, 4) is 11.5 Å². The van der Waals surface area contributed by atoms with Gasteiger partial charge < -0.3 is 10.3 Å².